The molecule has 0 saturated carbocycles. The van der Waals surface area contributed by atoms with E-state index in [0.29, 0.717) is 23.9 Å². The van der Waals surface area contributed by atoms with E-state index in [9.17, 15) is 8.42 Å². The standard InChI is InChI=1S/C20H21N3O4.C8H11NO3S/c1-25-16-9-5-6-14(12-16)13-17-22-19(21)18(20(23-17)26-11-10-24)27-15-7-3-2-4-8-15;1-6(2)7-3-4-8(9-5-7)13(10,11)12/h2-9,12,24H,10-11,13H2,1H3,(H2,21,22,23);3-6H,1-2H3,(H,10,11,12). The maximum absolute atomic E-state index is 10.6. The number of ether oxygens (including phenoxy) is 3. The number of nitrogens with zero attached hydrogens (tertiary/aromatic N) is 3. The van der Waals surface area contributed by atoms with Crippen molar-refractivity contribution in [3.05, 3.63) is 89.9 Å². The summed E-state index contributed by atoms with van der Waals surface area (Å²) in [6.07, 6.45) is 1.90. The second-order valence-electron chi connectivity index (χ2n) is 8.73. The zero-order chi connectivity index (χ0) is 29.1. The molecule has 0 spiro atoms. The first-order valence-electron chi connectivity index (χ1n) is 12.3. The third kappa shape index (κ3) is 8.90. The monoisotopic (exact) mass is 568 g/mol. The first kappa shape index (κ1) is 30.3. The topological polar surface area (TPSA) is 167 Å². The van der Waals surface area contributed by atoms with Gasteiger partial charge in [0.15, 0.2) is 10.8 Å². The fraction of sp³-hybridized carbons (Fsp3) is 0.250. The average molecular weight is 569 g/mol. The van der Waals surface area contributed by atoms with Crippen LogP contribution in [0.15, 0.2) is 78.0 Å². The summed E-state index contributed by atoms with van der Waals surface area (Å²) >= 11 is 0. The molecular weight excluding hydrogens is 536 g/mol. The largest absolute Gasteiger partial charge is 0.497 e. The van der Waals surface area contributed by atoms with Crippen LogP contribution >= 0.6 is 0 Å². The number of rotatable bonds is 10. The smallest absolute Gasteiger partial charge is 0.312 e. The molecule has 0 aliphatic carbocycles. The molecule has 0 atom stereocenters. The first-order valence-corrected chi connectivity index (χ1v) is 13.7. The van der Waals surface area contributed by atoms with Gasteiger partial charge in [-0.1, -0.05) is 50.2 Å². The van der Waals surface area contributed by atoms with Crippen molar-refractivity contribution < 1.29 is 32.3 Å². The summed E-state index contributed by atoms with van der Waals surface area (Å²) in [5.74, 6) is 2.70. The molecule has 0 radical (unpaired) electrons. The lowest BCUT2D eigenvalue weighted by Crippen LogP contribution is -2.10. The van der Waals surface area contributed by atoms with Crippen molar-refractivity contribution >= 4 is 15.9 Å². The number of anilines is 1. The summed E-state index contributed by atoms with van der Waals surface area (Å²) in [6.45, 7) is 3.87. The second kappa shape index (κ2) is 14.2. The number of nitrogen functional groups attached to an aromatic ring is 1. The van der Waals surface area contributed by atoms with Crippen LogP contribution in [0.4, 0.5) is 5.82 Å². The van der Waals surface area contributed by atoms with Gasteiger partial charge in [0.2, 0.25) is 5.75 Å². The van der Waals surface area contributed by atoms with Crippen LogP contribution in [0.5, 0.6) is 23.1 Å². The van der Waals surface area contributed by atoms with Gasteiger partial charge in [-0.25, -0.2) is 9.97 Å². The molecule has 2 aromatic heterocycles. The van der Waals surface area contributed by atoms with E-state index in [4.69, 9.17) is 29.6 Å². The average Bonchev–Trinajstić information content (AvgIpc) is 2.94. The molecule has 0 aliphatic heterocycles. The lowest BCUT2D eigenvalue weighted by molar-refractivity contribution is 0.192. The van der Waals surface area contributed by atoms with Crippen molar-refractivity contribution in [2.75, 3.05) is 26.1 Å². The molecule has 4 rings (SSSR count). The number of aliphatic hydroxyl groups is 1. The highest BCUT2D eigenvalue weighted by molar-refractivity contribution is 7.85. The third-order valence-electron chi connectivity index (χ3n) is 5.39. The van der Waals surface area contributed by atoms with E-state index in [0.717, 1.165) is 16.9 Å². The Morgan fingerprint density at radius 1 is 0.975 bits per heavy atom. The molecule has 0 unspecified atom stereocenters. The Balaban J connectivity index is 0.000000285. The highest BCUT2D eigenvalue weighted by atomic mass is 32.2. The lowest BCUT2D eigenvalue weighted by Gasteiger charge is -2.14. The minimum Gasteiger partial charge on any atom is -0.497 e. The number of para-hydroxylation sites is 1. The van der Waals surface area contributed by atoms with Crippen LogP contribution < -0.4 is 19.9 Å². The Morgan fingerprint density at radius 2 is 1.70 bits per heavy atom. The molecular formula is C28H32N4O7S. The summed E-state index contributed by atoms with van der Waals surface area (Å²) in [4.78, 5) is 12.4. The minimum absolute atomic E-state index is 0.0696. The fourth-order valence-electron chi connectivity index (χ4n) is 3.36. The van der Waals surface area contributed by atoms with Gasteiger partial charge < -0.3 is 25.1 Å². The van der Waals surface area contributed by atoms with Gasteiger partial charge in [-0.2, -0.15) is 13.4 Å². The van der Waals surface area contributed by atoms with Crippen LogP contribution in [0.25, 0.3) is 0 Å². The van der Waals surface area contributed by atoms with Crippen molar-refractivity contribution in [3.8, 4) is 23.1 Å². The summed E-state index contributed by atoms with van der Waals surface area (Å²) in [6, 6.07) is 19.7. The van der Waals surface area contributed by atoms with Crippen LogP contribution in [-0.2, 0) is 16.5 Å². The number of methoxy groups -OCH3 is 1. The molecule has 0 bridgehead atoms. The highest BCUT2D eigenvalue weighted by Gasteiger charge is 2.17. The Kier molecular flexibility index (Phi) is 10.8. The van der Waals surface area contributed by atoms with Gasteiger partial charge in [0, 0.05) is 12.6 Å². The maximum Gasteiger partial charge on any atom is 0.312 e. The molecule has 12 heteroatoms. The number of benzene rings is 2. The molecule has 4 N–H and O–H groups in total. The summed E-state index contributed by atoms with van der Waals surface area (Å²) in [5, 5.41) is 8.78. The van der Waals surface area contributed by atoms with Crippen LogP contribution in [0.2, 0.25) is 0 Å². The molecule has 0 amide bonds. The van der Waals surface area contributed by atoms with Crippen LogP contribution in [0.3, 0.4) is 0 Å². The first-order chi connectivity index (χ1) is 19.1. The fourth-order valence-corrected chi connectivity index (χ4v) is 3.79. The summed E-state index contributed by atoms with van der Waals surface area (Å²) < 4.78 is 46.4. The molecule has 4 aromatic rings. The predicted octanol–water partition coefficient (Wildman–Crippen LogP) is 4.27. The Hall–Kier alpha value is -4.26. The number of aromatic nitrogens is 3. The molecule has 11 nitrogen and oxygen atoms in total. The van der Waals surface area contributed by atoms with E-state index in [-0.39, 0.29) is 35.7 Å². The zero-order valence-corrected chi connectivity index (χ0v) is 23.2. The molecule has 0 fully saturated rings. The van der Waals surface area contributed by atoms with Crippen LogP contribution in [-0.4, -0.2) is 53.4 Å². The van der Waals surface area contributed by atoms with E-state index in [1.54, 1.807) is 25.3 Å². The molecule has 2 aromatic carbocycles. The number of aliphatic hydroxyl groups excluding tert-OH is 1. The molecule has 0 aliphatic rings. The number of pyridine rings is 1. The van der Waals surface area contributed by atoms with Gasteiger partial charge in [-0.15, -0.1) is 0 Å². The quantitative estimate of drug-likeness (QED) is 0.234. The Bertz CT molecular complexity index is 1480. The molecule has 212 valence electrons. The van der Waals surface area contributed by atoms with E-state index in [1.165, 1.54) is 12.3 Å². The van der Waals surface area contributed by atoms with Crippen molar-refractivity contribution in [1.29, 1.82) is 0 Å². The number of hydrogen-bond donors (Lipinski definition) is 3. The minimum atomic E-state index is -4.16. The predicted molar refractivity (Wildman–Crippen MR) is 149 cm³/mol. The van der Waals surface area contributed by atoms with Gasteiger partial charge in [-0.3, -0.25) is 4.55 Å². The SMILES string of the molecule is CC(C)c1ccc(S(=O)(=O)O)nc1.COc1cccc(Cc2nc(N)c(Oc3ccccc3)c(OCCO)n2)c1. The maximum atomic E-state index is 10.6. The Labute approximate surface area is 233 Å². The molecule has 2 heterocycles. The van der Waals surface area contributed by atoms with Crippen molar-refractivity contribution in [2.24, 2.45) is 0 Å². The molecule has 40 heavy (non-hydrogen) atoms. The van der Waals surface area contributed by atoms with Gasteiger partial charge in [0.05, 0.1) is 13.7 Å². The second-order valence-corrected chi connectivity index (χ2v) is 10.1. The third-order valence-corrected chi connectivity index (χ3v) is 6.16. The normalized spacial score (nSPS) is 10.9. The number of hydrogen-bond acceptors (Lipinski definition) is 10. The number of nitrogens with two attached hydrogens (primary N) is 1. The van der Waals surface area contributed by atoms with Crippen molar-refractivity contribution in [2.45, 2.75) is 31.2 Å². The van der Waals surface area contributed by atoms with Crippen molar-refractivity contribution in [3.63, 3.8) is 0 Å². The van der Waals surface area contributed by atoms with Crippen LogP contribution in [0, 0.1) is 0 Å². The van der Waals surface area contributed by atoms with Gasteiger partial charge in [-0.05, 0) is 47.4 Å². The van der Waals surface area contributed by atoms with Crippen molar-refractivity contribution in [1.82, 2.24) is 15.0 Å². The zero-order valence-electron chi connectivity index (χ0n) is 22.4. The van der Waals surface area contributed by atoms with E-state index in [1.807, 2.05) is 56.3 Å². The highest BCUT2D eigenvalue weighted by Crippen LogP contribution is 2.35. The Morgan fingerprint density at radius 3 is 2.30 bits per heavy atom. The van der Waals surface area contributed by atoms with Gasteiger partial charge in [0.25, 0.3) is 5.88 Å². The summed E-state index contributed by atoms with van der Waals surface area (Å²) in [5.41, 5.74) is 8.02. The summed E-state index contributed by atoms with van der Waals surface area (Å²) in [7, 11) is -2.54. The van der Waals surface area contributed by atoms with E-state index in [2.05, 4.69) is 15.0 Å². The van der Waals surface area contributed by atoms with Crippen LogP contribution in [0.1, 0.15) is 36.7 Å². The lowest BCUT2D eigenvalue weighted by atomic mass is 10.1. The van der Waals surface area contributed by atoms with E-state index < -0.39 is 10.1 Å². The van der Waals surface area contributed by atoms with E-state index >= 15 is 0 Å². The van der Waals surface area contributed by atoms with Gasteiger partial charge in [0.1, 0.15) is 23.9 Å². The molecule has 0 saturated heterocycles. The van der Waals surface area contributed by atoms with Gasteiger partial charge >= 0.3 is 10.1 Å².